The van der Waals surface area contributed by atoms with Crippen molar-refractivity contribution in [1.82, 2.24) is 9.97 Å². The van der Waals surface area contributed by atoms with Crippen LogP contribution in [0.25, 0.3) is 11.3 Å². The summed E-state index contributed by atoms with van der Waals surface area (Å²) in [4.78, 5) is 9.06. The minimum atomic E-state index is 0.268. The lowest BCUT2D eigenvalue weighted by Crippen LogP contribution is -1.99. The monoisotopic (exact) mass is 228 g/mol. The lowest BCUT2D eigenvalue weighted by Gasteiger charge is -2.08. The topological polar surface area (TPSA) is 46.0 Å². The normalized spacial score (nSPS) is 10.5. The quantitative estimate of drug-likeness (QED) is 0.878. The first-order valence-corrected chi connectivity index (χ1v) is 5.88. The number of rotatable bonds is 3. The van der Waals surface area contributed by atoms with E-state index in [1.54, 1.807) is 12.1 Å². The highest BCUT2D eigenvalue weighted by atomic mass is 16.3. The standard InChI is InChI=1S/C14H16N2O/c1-3-11-9-15-14(13(4-2)16-11)10-5-7-12(17)8-6-10/h5-9,17H,3-4H2,1-2H3. The molecule has 88 valence electrons. The summed E-state index contributed by atoms with van der Waals surface area (Å²) in [7, 11) is 0. The van der Waals surface area contributed by atoms with E-state index in [0.29, 0.717) is 0 Å². The van der Waals surface area contributed by atoms with Crippen molar-refractivity contribution < 1.29 is 5.11 Å². The second kappa shape index (κ2) is 4.95. The van der Waals surface area contributed by atoms with Gasteiger partial charge in [0.25, 0.3) is 0 Å². The maximum absolute atomic E-state index is 9.28. The van der Waals surface area contributed by atoms with E-state index in [2.05, 4.69) is 23.8 Å². The molecule has 3 nitrogen and oxygen atoms in total. The van der Waals surface area contributed by atoms with Gasteiger partial charge < -0.3 is 5.11 Å². The minimum Gasteiger partial charge on any atom is -0.508 e. The fourth-order valence-electron chi connectivity index (χ4n) is 1.75. The fraction of sp³-hybridized carbons (Fsp3) is 0.286. The maximum atomic E-state index is 9.28. The van der Waals surface area contributed by atoms with Crippen LogP contribution in [0.1, 0.15) is 25.2 Å². The smallest absolute Gasteiger partial charge is 0.115 e. The third kappa shape index (κ3) is 2.44. The predicted octanol–water partition coefficient (Wildman–Crippen LogP) is 2.97. The predicted molar refractivity (Wildman–Crippen MR) is 67.9 cm³/mol. The number of phenolic OH excluding ortho intramolecular Hbond substituents is 1. The summed E-state index contributed by atoms with van der Waals surface area (Å²) < 4.78 is 0. The van der Waals surface area contributed by atoms with Crippen LogP contribution in [-0.4, -0.2) is 15.1 Å². The van der Waals surface area contributed by atoms with Gasteiger partial charge in [0.2, 0.25) is 0 Å². The Balaban J connectivity index is 2.47. The molecule has 1 aromatic carbocycles. The summed E-state index contributed by atoms with van der Waals surface area (Å²) in [5.41, 5.74) is 3.93. The number of aromatic nitrogens is 2. The molecule has 0 aliphatic carbocycles. The first-order chi connectivity index (χ1) is 8.24. The van der Waals surface area contributed by atoms with Crippen LogP contribution in [0, 0.1) is 0 Å². The Bertz CT molecular complexity index is 506. The van der Waals surface area contributed by atoms with E-state index >= 15 is 0 Å². The zero-order valence-corrected chi connectivity index (χ0v) is 10.1. The molecule has 3 heteroatoms. The van der Waals surface area contributed by atoms with Crippen LogP contribution in [0.15, 0.2) is 30.5 Å². The second-order valence-corrected chi connectivity index (χ2v) is 3.91. The third-order valence-electron chi connectivity index (χ3n) is 2.73. The van der Waals surface area contributed by atoms with Gasteiger partial charge >= 0.3 is 0 Å². The molecule has 0 aliphatic rings. The number of phenols is 1. The van der Waals surface area contributed by atoms with Crippen molar-refractivity contribution in [3.8, 4) is 17.0 Å². The molecule has 0 radical (unpaired) electrons. The number of hydrogen-bond donors (Lipinski definition) is 1. The summed E-state index contributed by atoms with van der Waals surface area (Å²) in [6, 6.07) is 7.07. The van der Waals surface area contributed by atoms with Crippen LogP contribution >= 0.6 is 0 Å². The van der Waals surface area contributed by atoms with E-state index in [0.717, 1.165) is 35.5 Å². The number of aryl methyl sites for hydroxylation is 2. The van der Waals surface area contributed by atoms with Gasteiger partial charge in [0.1, 0.15) is 5.75 Å². The molecule has 0 fully saturated rings. The van der Waals surface area contributed by atoms with Gasteiger partial charge in [-0.05, 0) is 37.1 Å². The Morgan fingerprint density at radius 3 is 2.35 bits per heavy atom. The largest absolute Gasteiger partial charge is 0.508 e. The summed E-state index contributed by atoms with van der Waals surface area (Å²) in [5.74, 6) is 0.268. The first-order valence-electron chi connectivity index (χ1n) is 5.88. The van der Waals surface area contributed by atoms with Gasteiger partial charge in [-0.25, -0.2) is 0 Å². The Morgan fingerprint density at radius 2 is 1.76 bits per heavy atom. The summed E-state index contributed by atoms with van der Waals surface area (Å²) in [6.45, 7) is 4.15. The summed E-state index contributed by atoms with van der Waals surface area (Å²) in [5, 5.41) is 9.28. The van der Waals surface area contributed by atoms with Crippen LogP contribution in [-0.2, 0) is 12.8 Å². The molecule has 1 aromatic heterocycles. The van der Waals surface area contributed by atoms with E-state index in [1.165, 1.54) is 0 Å². The molecule has 2 rings (SSSR count). The molecule has 0 aliphatic heterocycles. The molecule has 0 saturated carbocycles. The Morgan fingerprint density at radius 1 is 1.06 bits per heavy atom. The number of hydrogen-bond acceptors (Lipinski definition) is 3. The molecule has 17 heavy (non-hydrogen) atoms. The zero-order valence-electron chi connectivity index (χ0n) is 10.1. The molecular weight excluding hydrogens is 212 g/mol. The molecule has 2 aromatic rings. The molecule has 1 N–H and O–H groups in total. The van der Waals surface area contributed by atoms with Gasteiger partial charge in [-0.3, -0.25) is 9.97 Å². The molecule has 0 atom stereocenters. The summed E-state index contributed by atoms with van der Waals surface area (Å²) >= 11 is 0. The maximum Gasteiger partial charge on any atom is 0.115 e. The summed E-state index contributed by atoms with van der Waals surface area (Å²) in [6.07, 6.45) is 3.58. The van der Waals surface area contributed by atoms with Crippen molar-refractivity contribution in [3.05, 3.63) is 41.9 Å². The number of benzene rings is 1. The van der Waals surface area contributed by atoms with E-state index in [4.69, 9.17) is 0 Å². The van der Waals surface area contributed by atoms with Crippen molar-refractivity contribution in [2.24, 2.45) is 0 Å². The van der Waals surface area contributed by atoms with Crippen LogP contribution in [0.3, 0.4) is 0 Å². The van der Waals surface area contributed by atoms with Crippen molar-refractivity contribution in [3.63, 3.8) is 0 Å². The van der Waals surface area contributed by atoms with Gasteiger partial charge in [-0.2, -0.15) is 0 Å². The van der Waals surface area contributed by atoms with Gasteiger partial charge in [0.05, 0.1) is 17.1 Å². The second-order valence-electron chi connectivity index (χ2n) is 3.91. The Hall–Kier alpha value is -1.90. The minimum absolute atomic E-state index is 0.268. The average Bonchev–Trinajstić information content (AvgIpc) is 2.39. The molecular formula is C14H16N2O. The molecule has 1 heterocycles. The van der Waals surface area contributed by atoms with Crippen LogP contribution < -0.4 is 0 Å². The number of nitrogens with zero attached hydrogens (tertiary/aromatic N) is 2. The van der Waals surface area contributed by atoms with Crippen LogP contribution in [0.4, 0.5) is 0 Å². The lowest BCUT2D eigenvalue weighted by molar-refractivity contribution is 0.475. The van der Waals surface area contributed by atoms with Gasteiger partial charge in [0, 0.05) is 11.8 Å². The molecule has 0 spiro atoms. The van der Waals surface area contributed by atoms with E-state index in [-0.39, 0.29) is 5.75 Å². The highest BCUT2D eigenvalue weighted by Crippen LogP contribution is 2.23. The zero-order chi connectivity index (χ0) is 12.3. The molecule has 0 bridgehead atoms. The number of aromatic hydroxyl groups is 1. The lowest BCUT2D eigenvalue weighted by atomic mass is 10.1. The fourth-order valence-corrected chi connectivity index (χ4v) is 1.75. The van der Waals surface area contributed by atoms with Crippen molar-refractivity contribution in [1.29, 1.82) is 0 Å². The highest BCUT2D eigenvalue weighted by Gasteiger charge is 2.07. The molecule has 0 saturated heterocycles. The Kier molecular flexibility index (Phi) is 3.38. The van der Waals surface area contributed by atoms with Gasteiger partial charge in [-0.15, -0.1) is 0 Å². The first kappa shape index (κ1) is 11.6. The molecule has 0 unspecified atom stereocenters. The SMILES string of the molecule is CCc1cnc(-c2ccc(O)cc2)c(CC)n1. The van der Waals surface area contributed by atoms with Gasteiger partial charge in [-0.1, -0.05) is 13.8 Å². The third-order valence-corrected chi connectivity index (χ3v) is 2.73. The van der Waals surface area contributed by atoms with Crippen LogP contribution in [0.5, 0.6) is 5.75 Å². The Labute approximate surface area is 101 Å². The van der Waals surface area contributed by atoms with Crippen molar-refractivity contribution in [2.45, 2.75) is 26.7 Å². The van der Waals surface area contributed by atoms with Crippen LogP contribution in [0.2, 0.25) is 0 Å². The van der Waals surface area contributed by atoms with E-state index in [9.17, 15) is 5.11 Å². The highest BCUT2D eigenvalue weighted by molar-refractivity contribution is 5.62. The van der Waals surface area contributed by atoms with E-state index < -0.39 is 0 Å². The van der Waals surface area contributed by atoms with Crippen molar-refractivity contribution >= 4 is 0 Å². The van der Waals surface area contributed by atoms with Crippen molar-refractivity contribution in [2.75, 3.05) is 0 Å². The average molecular weight is 228 g/mol. The van der Waals surface area contributed by atoms with Gasteiger partial charge in [0.15, 0.2) is 0 Å². The van der Waals surface area contributed by atoms with E-state index in [1.807, 2.05) is 18.3 Å². The molecule has 0 amide bonds.